The van der Waals surface area contributed by atoms with Gasteiger partial charge in [0.2, 0.25) is 5.91 Å². The molecule has 2 amide bonds. The minimum absolute atomic E-state index is 0.194. The van der Waals surface area contributed by atoms with Crippen molar-refractivity contribution in [2.75, 3.05) is 17.2 Å². The van der Waals surface area contributed by atoms with E-state index in [1.54, 1.807) is 24.3 Å². The van der Waals surface area contributed by atoms with E-state index in [2.05, 4.69) is 10.1 Å². The highest BCUT2D eigenvalue weighted by atomic mass is 35.5. The number of halogens is 4. The molecule has 10 heteroatoms. The average molecular weight is 429 g/mol. The van der Waals surface area contributed by atoms with E-state index in [1.807, 2.05) is 5.32 Å². The third kappa shape index (κ3) is 7.46. The maximum atomic E-state index is 12.9. The Morgan fingerprint density at radius 3 is 2.21 bits per heavy atom. The van der Waals surface area contributed by atoms with Crippen LogP contribution in [0.15, 0.2) is 48.5 Å². The molecule has 0 aliphatic rings. The number of benzene rings is 2. The summed E-state index contributed by atoms with van der Waals surface area (Å²) in [6, 6.07) is 10.8. The molecule has 0 saturated carbocycles. The van der Waals surface area contributed by atoms with Gasteiger partial charge in [-0.05, 0) is 36.4 Å². The van der Waals surface area contributed by atoms with Gasteiger partial charge in [-0.2, -0.15) is 13.2 Å². The van der Waals surface area contributed by atoms with E-state index < -0.39 is 41.8 Å². The molecule has 29 heavy (non-hydrogen) atoms. The molecule has 2 rings (SSSR count). The number of para-hydroxylation sites is 1. The Kier molecular flexibility index (Phi) is 7.60. The van der Waals surface area contributed by atoms with Gasteiger partial charge in [-0.1, -0.05) is 23.7 Å². The maximum absolute atomic E-state index is 12.9. The molecule has 2 aromatic rings. The van der Waals surface area contributed by atoms with Gasteiger partial charge in [0.15, 0.2) is 6.61 Å². The second-order valence-electron chi connectivity index (χ2n) is 5.81. The van der Waals surface area contributed by atoms with Crippen LogP contribution in [0.5, 0.6) is 0 Å². The summed E-state index contributed by atoms with van der Waals surface area (Å²) in [5.41, 5.74) is -0.961. The standard InChI is InChI=1S/C19H16ClF3N2O4/c20-12-5-7-13(8-6-12)24-16(26)9-10-18(28)29-11-17(27)25-15-4-2-1-3-14(15)19(21,22)23/h1-8H,9-11H2,(H,24,26)(H,25,27). The largest absolute Gasteiger partial charge is 0.456 e. The lowest BCUT2D eigenvalue weighted by atomic mass is 10.1. The summed E-state index contributed by atoms with van der Waals surface area (Å²) in [6.45, 7) is -0.774. The number of nitrogens with one attached hydrogen (secondary N) is 2. The first-order valence-corrected chi connectivity index (χ1v) is 8.70. The van der Waals surface area contributed by atoms with Crippen molar-refractivity contribution in [1.29, 1.82) is 0 Å². The van der Waals surface area contributed by atoms with Crippen LogP contribution in [0, 0.1) is 0 Å². The van der Waals surface area contributed by atoms with E-state index in [1.165, 1.54) is 12.1 Å². The monoisotopic (exact) mass is 428 g/mol. The van der Waals surface area contributed by atoms with E-state index in [-0.39, 0.29) is 12.8 Å². The molecule has 0 heterocycles. The molecule has 0 aliphatic heterocycles. The Labute approximate surface area is 169 Å². The van der Waals surface area contributed by atoms with Crippen LogP contribution in [-0.2, 0) is 25.3 Å². The molecule has 0 bridgehead atoms. The van der Waals surface area contributed by atoms with Crippen LogP contribution in [0.3, 0.4) is 0 Å². The molecule has 0 unspecified atom stereocenters. The van der Waals surface area contributed by atoms with Crippen LogP contribution >= 0.6 is 11.6 Å². The van der Waals surface area contributed by atoms with Gasteiger partial charge in [-0.15, -0.1) is 0 Å². The highest BCUT2D eigenvalue weighted by Crippen LogP contribution is 2.34. The molecule has 0 saturated heterocycles. The summed E-state index contributed by atoms with van der Waals surface area (Å²) in [4.78, 5) is 35.2. The smallest absolute Gasteiger partial charge is 0.418 e. The molecule has 6 nitrogen and oxygen atoms in total. The summed E-state index contributed by atoms with van der Waals surface area (Å²) in [7, 11) is 0. The molecule has 0 fully saturated rings. The molecule has 0 aliphatic carbocycles. The Bertz CT molecular complexity index is 886. The number of rotatable bonds is 7. The second kappa shape index (κ2) is 9.92. The Morgan fingerprint density at radius 1 is 0.897 bits per heavy atom. The summed E-state index contributed by atoms with van der Waals surface area (Å²) in [6.07, 6.45) is -5.14. The zero-order valence-electron chi connectivity index (χ0n) is 14.9. The van der Waals surface area contributed by atoms with Crippen molar-refractivity contribution >= 4 is 40.8 Å². The fraction of sp³-hybridized carbons (Fsp3) is 0.211. The van der Waals surface area contributed by atoms with E-state index >= 15 is 0 Å². The van der Waals surface area contributed by atoms with Crippen LogP contribution in [0.2, 0.25) is 5.02 Å². The zero-order chi connectivity index (χ0) is 21.4. The zero-order valence-corrected chi connectivity index (χ0v) is 15.6. The second-order valence-corrected chi connectivity index (χ2v) is 6.24. The lowest BCUT2D eigenvalue weighted by Gasteiger charge is -2.13. The fourth-order valence-corrected chi connectivity index (χ4v) is 2.34. The number of esters is 1. The van der Waals surface area contributed by atoms with Crippen molar-refractivity contribution in [3.63, 3.8) is 0 Å². The molecular formula is C19H16ClF3N2O4. The Morgan fingerprint density at radius 2 is 1.55 bits per heavy atom. The third-order valence-electron chi connectivity index (χ3n) is 3.55. The lowest BCUT2D eigenvalue weighted by molar-refractivity contribution is -0.148. The van der Waals surface area contributed by atoms with Gasteiger partial charge in [0.1, 0.15) is 0 Å². The molecule has 2 N–H and O–H groups in total. The van der Waals surface area contributed by atoms with Gasteiger partial charge in [-0.3, -0.25) is 14.4 Å². The van der Waals surface area contributed by atoms with Crippen molar-refractivity contribution in [3.05, 3.63) is 59.1 Å². The quantitative estimate of drug-likeness (QED) is 0.645. The molecule has 0 spiro atoms. The van der Waals surface area contributed by atoms with Gasteiger partial charge in [-0.25, -0.2) is 0 Å². The third-order valence-corrected chi connectivity index (χ3v) is 3.81. The first-order chi connectivity index (χ1) is 13.6. The topological polar surface area (TPSA) is 84.5 Å². The summed E-state index contributed by atoms with van der Waals surface area (Å²) < 4.78 is 43.3. The fourth-order valence-electron chi connectivity index (χ4n) is 2.22. The predicted octanol–water partition coefficient (Wildman–Crippen LogP) is 4.26. The summed E-state index contributed by atoms with van der Waals surface area (Å²) >= 11 is 5.73. The Hall–Kier alpha value is -3.07. The molecule has 154 valence electrons. The maximum Gasteiger partial charge on any atom is 0.418 e. The van der Waals surface area contributed by atoms with E-state index in [0.29, 0.717) is 10.7 Å². The molecular weight excluding hydrogens is 413 g/mol. The molecule has 0 radical (unpaired) electrons. The predicted molar refractivity (Wildman–Crippen MR) is 100 cm³/mol. The van der Waals surface area contributed by atoms with Crippen LogP contribution in [0.4, 0.5) is 24.5 Å². The molecule has 0 atom stereocenters. The average Bonchev–Trinajstić information content (AvgIpc) is 2.66. The minimum atomic E-state index is -4.64. The van der Waals surface area contributed by atoms with E-state index in [0.717, 1.165) is 12.1 Å². The normalized spacial score (nSPS) is 10.9. The van der Waals surface area contributed by atoms with E-state index in [4.69, 9.17) is 11.6 Å². The number of ether oxygens (including phenoxy) is 1. The van der Waals surface area contributed by atoms with Crippen LogP contribution < -0.4 is 10.6 Å². The van der Waals surface area contributed by atoms with Gasteiger partial charge in [0, 0.05) is 17.1 Å². The van der Waals surface area contributed by atoms with Gasteiger partial charge in [0.25, 0.3) is 5.91 Å². The highest BCUT2D eigenvalue weighted by molar-refractivity contribution is 6.30. The number of hydrogen-bond acceptors (Lipinski definition) is 4. The van der Waals surface area contributed by atoms with Crippen molar-refractivity contribution in [3.8, 4) is 0 Å². The van der Waals surface area contributed by atoms with Gasteiger partial charge < -0.3 is 15.4 Å². The first kappa shape index (κ1) is 22.2. The molecule has 2 aromatic carbocycles. The number of carbonyl (C=O) groups is 3. The van der Waals surface area contributed by atoms with Gasteiger partial charge >= 0.3 is 12.1 Å². The first-order valence-electron chi connectivity index (χ1n) is 8.32. The van der Waals surface area contributed by atoms with Crippen molar-refractivity contribution < 1.29 is 32.3 Å². The Balaban J connectivity index is 1.75. The van der Waals surface area contributed by atoms with Crippen molar-refractivity contribution in [2.45, 2.75) is 19.0 Å². The minimum Gasteiger partial charge on any atom is -0.456 e. The summed E-state index contributed by atoms with van der Waals surface area (Å²) in [5.74, 6) is -2.22. The summed E-state index contributed by atoms with van der Waals surface area (Å²) in [5, 5.41) is 5.10. The number of amides is 2. The SMILES string of the molecule is O=C(CCC(=O)OCC(=O)Nc1ccccc1C(F)(F)F)Nc1ccc(Cl)cc1. The van der Waals surface area contributed by atoms with Crippen LogP contribution in [0.1, 0.15) is 18.4 Å². The number of carbonyl (C=O) groups excluding carboxylic acids is 3. The van der Waals surface area contributed by atoms with Crippen molar-refractivity contribution in [2.24, 2.45) is 0 Å². The number of anilines is 2. The van der Waals surface area contributed by atoms with Gasteiger partial charge in [0.05, 0.1) is 17.7 Å². The number of alkyl halides is 3. The number of hydrogen-bond donors (Lipinski definition) is 2. The highest BCUT2D eigenvalue weighted by Gasteiger charge is 2.33. The van der Waals surface area contributed by atoms with Crippen LogP contribution in [-0.4, -0.2) is 24.4 Å². The van der Waals surface area contributed by atoms with E-state index in [9.17, 15) is 27.6 Å². The molecule has 0 aromatic heterocycles. The van der Waals surface area contributed by atoms with Crippen molar-refractivity contribution in [1.82, 2.24) is 0 Å². The van der Waals surface area contributed by atoms with Crippen LogP contribution in [0.25, 0.3) is 0 Å². The lowest BCUT2D eigenvalue weighted by Crippen LogP contribution is -2.23.